The highest BCUT2D eigenvalue weighted by atomic mass is 16.5. The van der Waals surface area contributed by atoms with Crippen molar-refractivity contribution in [3.8, 4) is 5.75 Å². The molecule has 0 aliphatic rings. The van der Waals surface area contributed by atoms with Crippen molar-refractivity contribution in [3.63, 3.8) is 0 Å². The van der Waals surface area contributed by atoms with Gasteiger partial charge in [-0.25, -0.2) is 9.78 Å². The molecule has 1 aromatic heterocycles. The molecule has 26 heavy (non-hydrogen) atoms. The number of esters is 1. The lowest BCUT2D eigenvalue weighted by atomic mass is 10.1. The van der Waals surface area contributed by atoms with Gasteiger partial charge < -0.3 is 14.8 Å². The fourth-order valence-electron chi connectivity index (χ4n) is 2.59. The summed E-state index contributed by atoms with van der Waals surface area (Å²) < 4.78 is 10.3. The number of fused-ring (bicyclic) bond motifs is 1. The third-order valence-corrected chi connectivity index (χ3v) is 3.83. The summed E-state index contributed by atoms with van der Waals surface area (Å²) >= 11 is 0. The summed E-state index contributed by atoms with van der Waals surface area (Å²) in [6.45, 7) is 1.49. The molecule has 0 fully saturated rings. The predicted octanol–water partition coefficient (Wildman–Crippen LogP) is 3.35. The van der Waals surface area contributed by atoms with Crippen LogP contribution in [-0.4, -0.2) is 30.6 Å². The van der Waals surface area contributed by atoms with Gasteiger partial charge in [-0.1, -0.05) is 30.3 Å². The summed E-state index contributed by atoms with van der Waals surface area (Å²) in [5.41, 5.74) is 1.68. The van der Waals surface area contributed by atoms with Crippen molar-refractivity contribution in [2.45, 2.75) is 6.92 Å². The van der Waals surface area contributed by atoms with Crippen LogP contribution in [0.25, 0.3) is 10.8 Å². The van der Waals surface area contributed by atoms with Crippen molar-refractivity contribution >= 4 is 28.3 Å². The number of benzene rings is 2. The van der Waals surface area contributed by atoms with E-state index in [-0.39, 0.29) is 5.69 Å². The molecule has 3 aromatic rings. The molecule has 1 amide bonds. The largest absolute Gasteiger partial charge is 0.495 e. The van der Waals surface area contributed by atoms with Crippen molar-refractivity contribution in [3.05, 3.63) is 66.0 Å². The number of hydrogen-bond donors (Lipinski definition) is 1. The lowest BCUT2D eigenvalue weighted by Crippen LogP contribution is -2.21. The van der Waals surface area contributed by atoms with Crippen LogP contribution in [0.5, 0.6) is 5.75 Å². The maximum atomic E-state index is 12.3. The third-order valence-electron chi connectivity index (χ3n) is 3.83. The second-order valence-corrected chi connectivity index (χ2v) is 5.71. The van der Waals surface area contributed by atoms with E-state index in [1.807, 2.05) is 37.3 Å². The highest BCUT2D eigenvalue weighted by molar-refractivity contribution is 6.03. The quantitative estimate of drug-likeness (QED) is 0.714. The number of methoxy groups -OCH3 is 1. The van der Waals surface area contributed by atoms with Crippen molar-refractivity contribution < 1.29 is 19.1 Å². The van der Waals surface area contributed by atoms with Gasteiger partial charge >= 0.3 is 5.97 Å². The summed E-state index contributed by atoms with van der Waals surface area (Å²) in [6, 6.07) is 14.6. The van der Waals surface area contributed by atoms with E-state index in [1.54, 1.807) is 18.2 Å². The van der Waals surface area contributed by atoms with Crippen LogP contribution in [0.1, 0.15) is 16.1 Å². The van der Waals surface area contributed by atoms with Crippen molar-refractivity contribution in [1.29, 1.82) is 0 Å². The maximum absolute atomic E-state index is 12.3. The lowest BCUT2D eigenvalue weighted by molar-refractivity contribution is -0.119. The van der Waals surface area contributed by atoms with Crippen LogP contribution in [0.4, 0.5) is 5.69 Å². The minimum Gasteiger partial charge on any atom is -0.495 e. The van der Waals surface area contributed by atoms with Gasteiger partial charge in [0.05, 0.1) is 12.8 Å². The molecule has 0 radical (unpaired) electrons. The van der Waals surface area contributed by atoms with Gasteiger partial charge in [0.25, 0.3) is 5.91 Å². The third kappa shape index (κ3) is 3.80. The molecule has 3 rings (SSSR count). The highest BCUT2D eigenvalue weighted by Crippen LogP contribution is 2.25. The molecule has 0 unspecified atom stereocenters. The van der Waals surface area contributed by atoms with E-state index in [0.29, 0.717) is 16.8 Å². The monoisotopic (exact) mass is 350 g/mol. The van der Waals surface area contributed by atoms with Gasteiger partial charge in [-0.3, -0.25) is 4.79 Å². The average Bonchev–Trinajstić information content (AvgIpc) is 2.66. The number of rotatable bonds is 5. The number of nitrogens with one attached hydrogen (secondary N) is 1. The fraction of sp³-hybridized carbons (Fsp3) is 0.150. The number of amides is 1. The van der Waals surface area contributed by atoms with Gasteiger partial charge in [-0.05, 0) is 36.1 Å². The Bertz CT molecular complexity index is 964. The topological polar surface area (TPSA) is 77.5 Å². The number of ether oxygens (including phenoxy) is 2. The molecule has 6 nitrogen and oxygen atoms in total. The average molecular weight is 350 g/mol. The highest BCUT2D eigenvalue weighted by Gasteiger charge is 2.15. The molecule has 132 valence electrons. The summed E-state index contributed by atoms with van der Waals surface area (Å²) in [5.74, 6) is -0.568. The maximum Gasteiger partial charge on any atom is 0.358 e. The summed E-state index contributed by atoms with van der Waals surface area (Å²) in [5, 5.41) is 4.24. The first kappa shape index (κ1) is 17.4. The lowest BCUT2D eigenvalue weighted by Gasteiger charge is -2.11. The van der Waals surface area contributed by atoms with Crippen molar-refractivity contribution in [1.82, 2.24) is 4.98 Å². The van der Waals surface area contributed by atoms with E-state index in [0.717, 1.165) is 10.9 Å². The number of hydrogen-bond acceptors (Lipinski definition) is 5. The predicted molar refractivity (Wildman–Crippen MR) is 98.4 cm³/mol. The number of pyridine rings is 1. The number of anilines is 1. The minimum absolute atomic E-state index is 0.184. The fourth-order valence-corrected chi connectivity index (χ4v) is 2.59. The summed E-state index contributed by atoms with van der Waals surface area (Å²) in [4.78, 5) is 28.5. The molecular weight excluding hydrogens is 332 g/mol. The zero-order valence-corrected chi connectivity index (χ0v) is 14.5. The van der Waals surface area contributed by atoms with Gasteiger partial charge in [0, 0.05) is 11.6 Å². The molecule has 1 N–H and O–H groups in total. The van der Waals surface area contributed by atoms with Crippen LogP contribution in [0, 0.1) is 6.92 Å². The molecule has 0 aliphatic heterocycles. The number of carbonyl (C=O) groups is 2. The number of nitrogens with zero attached hydrogens (tertiary/aromatic N) is 1. The second-order valence-electron chi connectivity index (χ2n) is 5.71. The Morgan fingerprint density at radius 2 is 1.92 bits per heavy atom. The molecule has 6 heteroatoms. The Labute approximate surface area is 150 Å². The van der Waals surface area contributed by atoms with Gasteiger partial charge in [0.2, 0.25) is 0 Å². The molecule has 0 atom stereocenters. The molecule has 2 aromatic carbocycles. The second kappa shape index (κ2) is 7.65. The van der Waals surface area contributed by atoms with Crippen LogP contribution in [0.2, 0.25) is 0 Å². The minimum atomic E-state index is -0.645. The van der Waals surface area contributed by atoms with Crippen molar-refractivity contribution in [2.24, 2.45) is 0 Å². The van der Waals surface area contributed by atoms with E-state index in [2.05, 4.69) is 10.3 Å². The van der Waals surface area contributed by atoms with Crippen LogP contribution < -0.4 is 10.1 Å². The van der Waals surface area contributed by atoms with Gasteiger partial charge in [0.15, 0.2) is 12.3 Å². The van der Waals surface area contributed by atoms with E-state index in [9.17, 15) is 9.59 Å². The first-order valence-corrected chi connectivity index (χ1v) is 8.04. The smallest absolute Gasteiger partial charge is 0.358 e. The first-order valence-electron chi connectivity index (χ1n) is 8.04. The Morgan fingerprint density at radius 3 is 2.73 bits per heavy atom. The number of aromatic nitrogens is 1. The molecular formula is C20H18N2O4. The zero-order valence-electron chi connectivity index (χ0n) is 14.5. The van der Waals surface area contributed by atoms with Gasteiger partial charge in [-0.2, -0.15) is 0 Å². The molecule has 0 bridgehead atoms. The Hall–Kier alpha value is -3.41. The van der Waals surface area contributed by atoms with Crippen LogP contribution in [-0.2, 0) is 9.53 Å². The van der Waals surface area contributed by atoms with E-state index in [1.165, 1.54) is 13.3 Å². The number of aryl methyl sites for hydroxylation is 1. The van der Waals surface area contributed by atoms with Crippen molar-refractivity contribution in [2.75, 3.05) is 19.0 Å². The normalized spacial score (nSPS) is 10.4. The molecule has 0 saturated carbocycles. The SMILES string of the molecule is COc1ccc(C)cc1NC(=O)COC(=O)c1nccc2ccccc12. The number of carbonyl (C=O) groups excluding carboxylic acids is 2. The van der Waals surface area contributed by atoms with E-state index < -0.39 is 18.5 Å². The van der Waals surface area contributed by atoms with Crippen LogP contribution >= 0.6 is 0 Å². The van der Waals surface area contributed by atoms with E-state index >= 15 is 0 Å². The van der Waals surface area contributed by atoms with Gasteiger partial charge in [0.1, 0.15) is 5.75 Å². The summed E-state index contributed by atoms with van der Waals surface area (Å²) in [7, 11) is 1.52. The van der Waals surface area contributed by atoms with Gasteiger partial charge in [-0.15, -0.1) is 0 Å². The Morgan fingerprint density at radius 1 is 1.12 bits per heavy atom. The first-order chi connectivity index (χ1) is 12.6. The molecule has 0 saturated heterocycles. The van der Waals surface area contributed by atoms with Crippen LogP contribution in [0.3, 0.4) is 0 Å². The summed E-state index contributed by atoms with van der Waals surface area (Å²) in [6.07, 6.45) is 1.54. The zero-order chi connectivity index (χ0) is 18.5. The molecule has 0 spiro atoms. The standard InChI is InChI=1S/C20H18N2O4/c1-13-7-8-17(25-2)16(11-13)22-18(23)12-26-20(24)19-15-6-4-3-5-14(15)9-10-21-19/h3-11H,12H2,1-2H3,(H,22,23). The Kier molecular flexibility index (Phi) is 5.12. The Balaban J connectivity index is 1.68. The molecule has 0 aliphatic carbocycles. The van der Waals surface area contributed by atoms with Crippen LogP contribution in [0.15, 0.2) is 54.7 Å². The van der Waals surface area contributed by atoms with E-state index in [4.69, 9.17) is 9.47 Å². The molecule has 1 heterocycles.